The second-order valence-electron chi connectivity index (χ2n) is 5.56. The molecule has 1 unspecified atom stereocenters. The second kappa shape index (κ2) is 8.89. The van der Waals surface area contributed by atoms with Crippen LogP contribution in [0.15, 0.2) is 42.5 Å². The van der Waals surface area contributed by atoms with E-state index in [4.69, 9.17) is 4.74 Å². The summed E-state index contributed by atoms with van der Waals surface area (Å²) >= 11 is 0. The first kappa shape index (κ1) is 19.3. The van der Waals surface area contributed by atoms with Crippen molar-refractivity contribution >= 4 is 12.1 Å². The molecule has 0 radical (unpaired) electrons. The quantitative estimate of drug-likeness (QED) is 0.737. The number of carbonyl (C=O) groups is 2. The van der Waals surface area contributed by atoms with Crippen LogP contribution in [0, 0.1) is 23.4 Å². The Morgan fingerprint density at radius 3 is 2.23 bits per heavy atom. The summed E-state index contributed by atoms with van der Waals surface area (Å²) in [6.45, 7) is -0.303. The SMILES string of the molecule is O=C(NCC(Cc1cc(F)c(F)c(F)c1)C(=O)O)OCc1ccccc1. The number of carboxylic acids is 1. The second-order valence-corrected chi connectivity index (χ2v) is 5.56. The topological polar surface area (TPSA) is 75.6 Å². The normalized spacial score (nSPS) is 11.7. The van der Waals surface area contributed by atoms with E-state index >= 15 is 0 Å². The molecule has 0 aliphatic carbocycles. The highest BCUT2D eigenvalue weighted by Crippen LogP contribution is 2.17. The van der Waals surface area contributed by atoms with Crippen LogP contribution < -0.4 is 5.32 Å². The monoisotopic (exact) mass is 367 g/mol. The van der Waals surface area contributed by atoms with Gasteiger partial charge in [-0.2, -0.15) is 0 Å². The van der Waals surface area contributed by atoms with Crippen molar-refractivity contribution in [2.75, 3.05) is 6.54 Å². The standard InChI is InChI=1S/C18H16F3NO4/c19-14-7-12(8-15(20)16(14)21)6-13(17(23)24)9-22-18(25)26-10-11-4-2-1-3-5-11/h1-5,7-8,13H,6,9-10H2,(H,22,25)(H,23,24). The van der Waals surface area contributed by atoms with Crippen molar-refractivity contribution in [3.63, 3.8) is 0 Å². The predicted molar refractivity (Wildman–Crippen MR) is 85.8 cm³/mol. The lowest BCUT2D eigenvalue weighted by molar-refractivity contribution is -0.141. The fourth-order valence-electron chi connectivity index (χ4n) is 2.24. The maximum absolute atomic E-state index is 13.2. The van der Waals surface area contributed by atoms with Crippen LogP contribution >= 0.6 is 0 Å². The smallest absolute Gasteiger partial charge is 0.407 e. The number of aliphatic carboxylic acids is 1. The van der Waals surface area contributed by atoms with Gasteiger partial charge in [0.2, 0.25) is 0 Å². The van der Waals surface area contributed by atoms with Crippen molar-refractivity contribution in [3.8, 4) is 0 Å². The van der Waals surface area contributed by atoms with Gasteiger partial charge < -0.3 is 15.2 Å². The van der Waals surface area contributed by atoms with Crippen LogP contribution in [0.1, 0.15) is 11.1 Å². The number of hydrogen-bond donors (Lipinski definition) is 2. The third-order valence-corrected chi connectivity index (χ3v) is 3.58. The van der Waals surface area contributed by atoms with Gasteiger partial charge in [-0.15, -0.1) is 0 Å². The first-order valence-electron chi connectivity index (χ1n) is 7.67. The molecule has 0 aliphatic heterocycles. The summed E-state index contributed by atoms with van der Waals surface area (Å²) in [5.41, 5.74) is 0.725. The van der Waals surface area contributed by atoms with Gasteiger partial charge in [0.1, 0.15) is 6.61 Å². The Morgan fingerprint density at radius 1 is 1.04 bits per heavy atom. The summed E-state index contributed by atoms with van der Waals surface area (Å²) in [6, 6.07) is 10.3. The first-order valence-corrected chi connectivity index (χ1v) is 7.67. The lowest BCUT2D eigenvalue weighted by Gasteiger charge is -2.14. The minimum absolute atomic E-state index is 0.0127. The molecular formula is C18H16F3NO4. The van der Waals surface area contributed by atoms with Gasteiger partial charge in [-0.1, -0.05) is 30.3 Å². The van der Waals surface area contributed by atoms with E-state index < -0.39 is 35.4 Å². The Labute approximate surface area is 147 Å². The zero-order valence-electron chi connectivity index (χ0n) is 13.5. The molecule has 0 heterocycles. The van der Waals surface area contributed by atoms with E-state index in [-0.39, 0.29) is 25.1 Å². The summed E-state index contributed by atoms with van der Waals surface area (Å²) < 4.78 is 44.3. The summed E-state index contributed by atoms with van der Waals surface area (Å²) in [5.74, 6) is -6.87. The first-order chi connectivity index (χ1) is 12.4. The zero-order valence-corrected chi connectivity index (χ0v) is 13.5. The zero-order chi connectivity index (χ0) is 19.1. The number of nitrogens with one attached hydrogen (secondary N) is 1. The van der Waals surface area contributed by atoms with Crippen molar-refractivity contribution in [1.82, 2.24) is 5.32 Å². The van der Waals surface area contributed by atoms with Gasteiger partial charge in [-0.25, -0.2) is 18.0 Å². The predicted octanol–water partition coefficient (Wildman–Crippen LogP) is 3.27. The van der Waals surface area contributed by atoms with Crippen LogP contribution in [-0.2, 0) is 22.6 Å². The number of benzene rings is 2. The molecule has 2 N–H and O–H groups in total. The van der Waals surface area contributed by atoms with Crippen molar-refractivity contribution in [3.05, 3.63) is 71.0 Å². The summed E-state index contributed by atoms with van der Waals surface area (Å²) in [7, 11) is 0. The number of ether oxygens (including phenoxy) is 1. The van der Waals surface area contributed by atoms with E-state index in [2.05, 4.69) is 5.32 Å². The van der Waals surface area contributed by atoms with E-state index in [0.717, 1.165) is 17.7 Å². The van der Waals surface area contributed by atoms with Gasteiger partial charge in [0, 0.05) is 6.54 Å². The van der Waals surface area contributed by atoms with Gasteiger partial charge in [0.25, 0.3) is 0 Å². The molecule has 0 aliphatic rings. The number of hydrogen-bond acceptors (Lipinski definition) is 3. The molecule has 1 atom stereocenters. The number of carbonyl (C=O) groups excluding carboxylic acids is 1. The van der Waals surface area contributed by atoms with Crippen LogP contribution in [0.5, 0.6) is 0 Å². The van der Waals surface area contributed by atoms with E-state index in [1.165, 1.54) is 0 Å². The average molecular weight is 367 g/mol. The average Bonchev–Trinajstić information content (AvgIpc) is 2.61. The molecule has 26 heavy (non-hydrogen) atoms. The molecule has 2 aromatic rings. The van der Waals surface area contributed by atoms with E-state index in [1.54, 1.807) is 24.3 Å². The molecular weight excluding hydrogens is 351 g/mol. The maximum atomic E-state index is 13.2. The minimum atomic E-state index is -1.62. The summed E-state index contributed by atoms with van der Waals surface area (Å²) in [4.78, 5) is 22.9. The molecule has 0 aromatic heterocycles. The fraction of sp³-hybridized carbons (Fsp3) is 0.222. The third-order valence-electron chi connectivity index (χ3n) is 3.58. The van der Waals surface area contributed by atoms with Crippen molar-refractivity contribution in [2.24, 2.45) is 5.92 Å². The van der Waals surface area contributed by atoms with Crippen LogP contribution in [-0.4, -0.2) is 23.7 Å². The Kier molecular flexibility index (Phi) is 6.60. The molecule has 5 nitrogen and oxygen atoms in total. The highest BCUT2D eigenvalue weighted by atomic mass is 19.2. The van der Waals surface area contributed by atoms with Crippen LogP contribution in [0.4, 0.5) is 18.0 Å². The Hall–Kier alpha value is -3.03. The van der Waals surface area contributed by atoms with Crippen molar-refractivity contribution < 1.29 is 32.6 Å². The Bertz CT molecular complexity index is 760. The Morgan fingerprint density at radius 2 is 1.65 bits per heavy atom. The lowest BCUT2D eigenvalue weighted by atomic mass is 9.99. The molecule has 8 heteroatoms. The van der Waals surface area contributed by atoms with Gasteiger partial charge in [0.15, 0.2) is 17.5 Å². The van der Waals surface area contributed by atoms with E-state index in [9.17, 15) is 27.9 Å². The number of rotatable bonds is 7. The van der Waals surface area contributed by atoms with Crippen molar-refractivity contribution in [2.45, 2.75) is 13.0 Å². The fourth-order valence-corrected chi connectivity index (χ4v) is 2.24. The van der Waals surface area contributed by atoms with Crippen LogP contribution in [0.25, 0.3) is 0 Å². The van der Waals surface area contributed by atoms with E-state index in [1.807, 2.05) is 6.07 Å². The van der Waals surface area contributed by atoms with Gasteiger partial charge in [-0.3, -0.25) is 4.79 Å². The van der Waals surface area contributed by atoms with Crippen molar-refractivity contribution in [1.29, 1.82) is 0 Å². The molecule has 0 spiro atoms. The van der Waals surface area contributed by atoms with Gasteiger partial charge in [0.05, 0.1) is 5.92 Å². The minimum Gasteiger partial charge on any atom is -0.481 e. The number of halogens is 3. The highest BCUT2D eigenvalue weighted by Gasteiger charge is 2.21. The number of carboxylic acid groups (broad SMARTS) is 1. The largest absolute Gasteiger partial charge is 0.481 e. The number of alkyl carbamates (subject to hydrolysis) is 1. The van der Waals surface area contributed by atoms with Gasteiger partial charge in [-0.05, 0) is 29.7 Å². The molecule has 0 saturated carbocycles. The number of amides is 1. The lowest BCUT2D eigenvalue weighted by Crippen LogP contribution is -2.34. The van der Waals surface area contributed by atoms with E-state index in [0.29, 0.717) is 0 Å². The molecule has 0 bridgehead atoms. The Balaban J connectivity index is 1.90. The van der Waals surface area contributed by atoms with Gasteiger partial charge >= 0.3 is 12.1 Å². The van der Waals surface area contributed by atoms with Crippen LogP contribution in [0.2, 0.25) is 0 Å². The maximum Gasteiger partial charge on any atom is 0.407 e. The molecule has 2 aromatic carbocycles. The third kappa shape index (κ3) is 5.51. The molecule has 0 fully saturated rings. The summed E-state index contributed by atoms with van der Waals surface area (Å²) in [6.07, 6.45) is -1.11. The molecule has 1 amide bonds. The summed E-state index contributed by atoms with van der Waals surface area (Å²) in [5, 5.41) is 11.5. The molecule has 0 saturated heterocycles. The highest BCUT2D eigenvalue weighted by molar-refractivity contribution is 5.72. The van der Waals surface area contributed by atoms with Crippen LogP contribution in [0.3, 0.4) is 0 Å². The molecule has 2 rings (SSSR count). The molecule has 138 valence electrons.